The van der Waals surface area contributed by atoms with Crippen LogP contribution in [0.2, 0.25) is 0 Å². The number of sulfonamides is 1. The molecular formula is C31H44N4O7S. The maximum Gasteiger partial charge on any atom is 0.408 e. The van der Waals surface area contributed by atoms with Crippen LogP contribution in [0.1, 0.15) is 78.7 Å². The van der Waals surface area contributed by atoms with Crippen LogP contribution in [0, 0.1) is 11.3 Å². The number of alkyl carbamates (subject to hydrolysis) is 1. The van der Waals surface area contributed by atoms with Crippen molar-refractivity contribution in [3.05, 3.63) is 48.6 Å². The van der Waals surface area contributed by atoms with E-state index in [-0.39, 0.29) is 25.3 Å². The molecule has 2 aliphatic carbocycles. The largest absolute Gasteiger partial charge is 0.444 e. The fourth-order valence-corrected chi connectivity index (χ4v) is 6.92. The summed E-state index contributed by atoms with van der Waals surface area (Å²) in [7, 11) is -3.84. The molecule has 11 nitrogen and oxygen atoms in total. The summed E-state index contributed by atoms with van der Waals surface area (Å²) in [5, 5.41) is 4.91. The molecule has 1 saturated heterocycles. The predicted octanol–water partition coefficient (Wildman–Crippen LogP) is 2.98. The summed E-state index contributed by atoms with van der Waals surface area (Å²) in [6.45, 7) is 14.6. The summed E-state index contributed by atoms with van der Waals surface area (Å²) in [5.41, 5.74) is -2.04. The number of benzene rings is 1. The first-order valence-electron chi connectivity index (χ1n) is 14.7. The maximum absolute atomic E-state index is 14.2. The predicted molar refractivity (Wildman–Crippen MR) is 161 cm³/mol. The van der Waals surface area contributed by atoms with Crippen molar-refractivity contribution in [1.29, 1.82) is 0 Å². The number of nitrogens with one attached hydrogen (secondary N) is 3. The van der Waals surface area contributed by atoms with Crippen molar-refractivity contribution >= 4 is 33.8 Å². The molecular weight excluding hydrogens is 572 g/mol. The van der Waals surface area contributed by atoms with Crippen LogP contribution in [-0.2, 0) is 29.1 Å². The quantitative estimate of drug-likeness (QED) is 0.361. The Bertz CT molecular complexity index is 1380. The van der Waals surface area contributed by atoms with Gasteiger partial charge in [0.15, 0.2) is 0 Å². The second-order valence-electron chi connectivity index (χ2n) is 14.0. The Labute approximate surface area is 254 Å². The van der Waals surface area contributed by atoms with Crippen LogP contribution in [0.25, 0.3) is 0 Å². The van der Waals surface area contributed by atoms with E-state index in [0.29, 0.717) is 12.8 Å². The summed E-state index contributed by atoms with van der Waals surface area (Å²) in [6.07, 6.45) is 2.22. The lowest BCUT2D eigenvalue weighted by Gasteiger charge is -2.36. The number of carbonyl (C=O) groups is 4. The molecule has 0 radical (unpaired) electrons. The summed E-state index contributed by atoms with van der Waals surface area (Å²) >= 11 is 0. The van der Waals surface area contributed by atoms with E-state index in [1.807, 2.05) is 51.1 Å². The molecule has 5 atom stereocenters. The van der Waals surface area contributed by atoms with Gasteiger partial charge in [-0.1, -0.05) is 57.2 Å². The third kappa shape index (κ3) is 7.39. The van der Waals surface area contributed by atoms with Crippen LogP contribution < -0.4 is 15.4 Å². The molecule has 1 heterocycles. The third-order valence-corrected chi connectivity index (χ3v) is 10.00. The normalized spacial score (nSPS) is 26.2. The van der Waals surface area contributed by atoms with Gasteiger partial charge in [-0.3, -0.25) is 19.1 Å². The molecule has 3 N–H and O–H groups in total. The van der Waals surface area contributed by atoms with Gasteiger partial charge in [0.1, 0.15) is 23.2 Å². The molecule has 0 aromatic heterocycles. The van der Waals surface area contributed by atoms with Gasteiger partial charge in [0.2, 0.25) is 21.8 Å². The average molecular weight is 617 g/mol. The molecule has 3 fully saturated rings. The van der Waals surface area contributed by atoms with Crippen molar-refractivity contribution in [2.75, 3.05) is 6.54 Å². The molecule has 1 aliphatic heterocycles. The number of amides is 4. The van der Waals surface area contributed by atoms with Crippen LogP contribution in [0.5, 0.6) is 0 Å². The number of ether oxygens (including phenoxy) is 1. The molecule has 4 amide bonds. The van der Waals surface area contributed by atoms with E-state index in [4.69, 9.17) is 4.74 Å². The first-order valence-corrected chi connectivity index (χ1v) is 16.3. The molecule has 236 valence electrons. The van der Waals surface area contributed by atoms with E-state index < -0.39 is 73.6 Å². The summed E-state index contributed by atoms with van der Waals surface area (Å²) in [5.74, 6) is -2.47. The zero-order valence-corrected chi connectivity index (χ0v) is 26.6. The number of nitrogens with zero attached hydrogens (tertiary/aromatic N) is 1. The van der Waals surface area contributed by atoms with Crippen molar-refractivity contribution < 1.29 is 32.3 Å². The van der Waals surface area contributed by atoms with E-state index in [1.54, 1.807) is 20.8 Å². The molecule has 43 heavy (non-hydrogen) atoms. The Kier molecular flexibility index (Phi) is 8.76. The Hall–Kier alpha value is -3.41. The first kappa shape index (κ1) is 32.5. The van der Waals surface area contributed by atoms with E-state index in [0.717, 1.165) is 5.56 Å². The van der Waals surface area contributed by atoms with Crippen LogP contribution in [0.3, 0.4) is 0 Å². The second kappa shape index (κ2) is 11.6. The molecule has 2 saturated carbocycles. The Balaban J connectivity index is 1.61. The van der Waals surface area contributed by atoms with Gasteiger partial charge < -0.3 is 20.3 Å². The SMILES string of the molecule is C=CC1CC1(NC(=O)[C@@H]1C[C@@H](c2ccccc2)CN1C(=O)[C@@H](NC(=O)OC(C)(C)C)C(C)(C)C)C(=O)NS(=O)(=O)C1CC1. The number of hydrogen-bond acceptors (Lipinski definition) is 7. The van der Waals surface area contributed by atoms with Crippen LogP contribution in [0.15, 0.2) is 43.0 Å². The minimum Gasteiger partial charge on any atom is -0.444 e. The Morgan fingerprint density at radius 1 is 1.07 bits per heavy atom. The highest BCUT2D eigenvalue weighted by Crippen LogP contribution is 2.46. The van der Waals surface area contributed by atoms with Crippen molar-refractivity contribution in [1.82, 2.24) is 20.3 Å². The van der Waals surface area contributed by atoms with Crippen molar-refractivity contribution in [3.8, 4) is 0 Å². The van der Waals surface area contributed by atoms with Gasteiger partial charge in [0.05, 0.1) is 5.25 Å². The fourth-order valence-electron chi connectivity index (χ4n) is 5.55. The highest BCUT2D eigenvalue weighted by molar-refractivity contribution is 7.91. The van der Waals surface area contributed by atoms with Crippen molar-refractivity contribution in [2.45, 2.75) is 102 Å². The zero-order valence-electron chi connectivity index (χ0n) is 25.8. The van der Waals surface area contributed by atoms with Crippen LogP contribution in [0.4, 0.5) is 4.79 Å². The zero-order chi connectivity index (χ0) is 32.0. The number of carbonyl (C=O) groups excluding carboxylic acids is 4. The monoisotopic (exact) mass is 616 g/mol. The molecule has 3 aliphatic rings. The lowest BCUT2D eigenvalue weighted by molar-refractivity contribution is -0.142. The molecule has 4 rings (SSSR count). The van der Waals surface area contributed by atoms with Gasteiger partial charge >= 0.3 is 6.09 Å². The number of hydrogen-bond donors (Lipinski definition) is 3. The van der Waals surface area contributed by atoms with Gasteiger partial charge in [0.25, 0.3) is 5.91 Å². The van der Waals surface area contributed by atoms with E-state index in [1.165, 1.54) is 11.0 Å². The minimum atomic E-state index is -3.84. The third-order valence-electron chi connectivity index (χ3n) is 8.18. The lowest BCUT2D eigenvalue weighted by Crippen LogP contribution is -2.60. The average Bonchev–Trinajstić information content (AvgIpc) is 3.82. The van der Waals surface area contributed by atoms with Gasteiger partial charge in [-0.15, -0.1) is 6.58 Å². The number of likely N-dealkylation sites (tertiary alicyclic amines) is 1. The van der Waals surface area contributed by atoms with Gasteiger partial charge in [-0.05, 0) is 57.4 Å². The minimum absolute atomic E-state index is 0.183. The smallest absolute Gasteiger partial charge is 0.408 e. The van der Waals surface area contributed by atoms with E-state index in [9.17, 15) is 27.6 Å². The Morgan fingerprint density at radius 3 is 2.21 bits per heavy atom. The van der Waals surface area contributed by atoms with Gasteiger partial charge in [-0.2, -0.15) is 0 Å². The Morgan fingerprint density at radius 2 is 1.70 bits per heavy atom. The second-order valence-corrected chi connectivity index (χ2v) is 15.9. The summed E-state index contributed by atoms with van der Waals surface area (Å²) < 4.78 is 32.6. The molecule has 12 heteroatoms. The lowest BCUT2D eigenvalue weighted by atomic mass is 9.85. The topological polar surface area (TPSA) is 151 Å². The van der Waals surface area contributed by atoms with Gasteiger partial charge in [-0.25, -0.2) is 13.2 Å². The molecule has 1 aromatic rings. The highest BCUT2D eigenvalue weighted by Gasteiger charge is 2.62. The van der Waals surface area contributed by atoms with Gasteiger partial charge in [0, 0.05) is 18.4 Å². The molecule has 0 bridgehead atoms. The molecule has 0 spiro atoms. The van der Waals surface area contributed by atoms with Crippen LogP contribution in [-0.4, -0.2) is 72.2 Å². The maximum atomic E-state index is 14.2. The first-order chi connectivity index (χ1) is 19.9. The highest BCUT2D eigenvalue weighted by atomic mass is 32.2. The van der Waals surface area contributed by atoms with E-state index in [2.05, 4.69) is 21.9 Å². The molecule has 2 unspecified atom stereocenters. The molecule has 1 aromatic carbocycles. The fraction of sp³-hybridized carbons (Fsp3) is 0.613. The summed E-state index contributed by atoms with van der Waals surface area (Å²) in [6, 6.07) is 7.52. The van der Waals surface area contributed by atoms with Crippen molar-refractivity contribution in [3.63, 3.8) is 0 Å². The standard InChI is InChI=1S/C31H44N4O7S/c1-8-21-17-31(21,27(38)34-43(40,41)22-14-15-22)33-25(36)23-16-20(19-12-10-9-11-13-19)18-35(23)26(37)24(29(2,3)4)32-28(39)42-30(5,6)7/h8-13,20-24H,1,14-18H2,2-7H3,(H,32,39)(H,33,36)(H,34,38)/t20-,21?,23+,24-,31?/m1/s1. The van der Waals surface area contributed by atoms with Crippen molar-refractivity contribution in [2.24, 2.45) is 11.3 Å². The van der Waals surface area contributed by atoms with E-state index >= 15 is 0 Å². The summed E-state index contributed by atoms with van der Waals surface area (Å²) in [4.78, 5) is 55.7. The van der Waals surface area contributed by atoms with Crippen LogP contribution >= 0.6 is 0 Å². The number of rotatable bonds is 9.